The van der Waals surface area contributed by atoms with Crippen LogP contribution in [0.15, 0.2) is 55.1 Å². The maximum absolute atomic E-state index is 12.8. The van der Waals surface area contributed by atoms with Crippen molar-refractivity contribution in [3.05, 3.63) is 55.1 Å². The number of amides is 2. The van der Waals surface area contributed by atoms with Crippen LogP contribution in [0.4, 0.5) is 21.1 Å². The van der Waals surface area contributed by atoms with Gasteiger partial charge in [-0.3, -0.25) is 10.1 Å². The summed E-state index contributed by atoms with van der Waals surface area (Å²) in [4.78, 5) is 37.0. The first-order valence-corrected chi connectivity index (χ1v) is 11.1. The van der Waals surface area contributed by atoms with Gasteiger partial charge in [-0.15, -0.1) is 5.10 Å². The molecule has 3 rings (SSSR count). The van der Waals surface area contributed by atoms with Crippen molar-refractivity contribution in [2.75, 3.05) is 10.6 Å². The number of nitrogens with zero attached hydrogens (tertiary/aromatic N) is 2. The van der Waals surface area contributed by atoms with Gasteiger partial charge < -0.3 is 14.8 Å². The summed E-state index contributed by atoms with van der Waals surface area (Å²) in [6.45, 7) is 14.0. The molecular weight excluding hydrogens is 448 g/mol. The predicted octanol–water partition coefficient (Wildman–Crippen LogP) is 5.96. The van der Waals surface area contributed by atoms with Crippen molar-refractivity contribution in [3.8, 4) is 11.1 Å². The maximum Gasteiger partial charge on any atom is 0.435 e. The van der Waals surface area contributed by atoms with Gasteiger partial charge in [0.15, 0.2) is 5.82 Å². The Morgan fingerprint density at radius 2 is 1.57 bits per heavy atom. The lowest BCUT2D eigenvalue weighted by molar-refractivity contribution is -0.111. The lowest BCUT2D eigenvalue weighted by atomic mass is 10.0. The average molecular weight is 479 g/mol. The van der Waals surface area contributed by atoms with Crippen LogP contribution in [0.3, 0.4) is 0 Å². The van der Waals surface area contributed by atoms with Gasteiger partial charge in [-0.1, -0.05) is 24.8 Å². The van der Waals surface area contributed by atoms with E-state index >= 15 is 0 Å². The third kappa shape index (κ3) is 6.69. The molecule has 0 atom stereocenters. The van der Waals surface area contributed by atoms with E-state index in [0.29, 0.717) is 16.6 Å². The first kappa shape index (κ1) is 25.5. The zero-order valence-electron chi connectivity index (χ0n) is 20.8. The van der Waals surface area contributed by atoms with E-state index in [0.717, 1.165) is 15.8 Å². The fourth-order valence-corrected chi connectivity index (χ4v) is 3.20. The summed E-state index contributed by atoms with van der Waals surface area (Å²) >= 11 is 0. The van der Waals surface area contributed by atoms with Crippen LogP contribution in [0.5, 0.6) is 0 Å². The number of anilines is 2. The quantitative estimate of drug-likeness (QED) is 0.448. The third-order valence-corrected chi connectivity index (χ3v) is 4.51. The monoisotopic (exact) mass is 478 g/mol. The highest BCUT2D eigenvalue weighted by atomic mass is 16.6. The topological polar surface area (TPSA) is 112 Å². The number of carbonyl (C=O) groups is 3. The Morgan fingerprint density at radius 1 is 0.914 bits per heavy atom. The number of nitrogens with one attached hydrogen (secondary N) is 2. The summed E-state index contributed by atoms with van der Waals surface area (Å²) < 4.78 is 11.9. The van der Waals surface area contributed by atoms with E-state index in [1.54, 1.807) is 59.7 Å². The van der Waals surface area contributed by atoms with Crippen molar-refractivity contribution in [2.45, 2.75) is 52.7 Å². The fourth-order valence-electron chi connectivity index (χ4n) is 3.20. The largest absolute Gasteiger partial charge is 0.444 e. The molecule has 0 aliphatic heterocycles. The minimum absolute atomic E-state index is 0.151. The van der Waals surface area contributed by atoms with Crippen LogP contribution in [0.2, 0.25) is 0 Å². The van der Waals surface area contributed by atoms with Gasteiger partial charge in [0.25, 0.3) is 0 Å². The van der Waals surface area contributed by atoms with E-state index < -0.39 is 23.4 Å². The number of benzene rings is 2. The van der Waals surface area contributed by atoms with Crippen molar-refractivity contribution in [2.24, 2.45) is 0 Å². The van der Waals surface area contributed by atoms with Crippen molar-refractivity contribution in [3.63, 3.8) is 0 Å². The molecule has 0 spiro atoms. The number of aromatic nitrogens is 2. The van der Waals surface area contributed by atoms with Gasteiger partial charge in [0.05, 0.1) is 5.52 Å². The van der Waals surface area contributed by atoms with Gasteiger partial charge in [-0.2, -0.15) is 4.68 Å². The van der Waals surface area contributed by atoms with Crippen LogP contribution >= 0.6 is 0 Å². The van der Waals surface area contributed by atoms with E-state index in [4.69, 9.17) is 9.47 Å². The Kier molecular flexibility index (Phi) is 7.00. The number of ether oxygens (including phenoxy) is 2. The predicted molar refractivity (Wildman–Crippen MR) is 135 cm³/mol. The van der Waals surface area contributed by atoms with E-state index in [1.807, 2.05) is 24.3 Å². The molecule has 35 heavy (non-hydrogen) atoms. The van der Waals surface area contributed by atoms with Crippen LogP contribution in [-0.2, 0) is 14.3 Å². The second-order valence-electron chi connectivity index (χ2n) is 9.87. The van der Waals surface area contributed by atoms with Gasteiger partial charge in [-0.05, 0) is 83.0 Å². The zero-order chi connectivity index (χ0) is 26.0. The minimum Gasteiger partial charge on any atom is -0.444 e. The number of carbonyl (C=O) groups excluding carboxylic acids is 3. The third-order valence-electron chi connectivity index (χ3n) is 4.51. The van der Waals surface area contributed by atoms with Crippen molar-refractivity contribution < 1.29 is 23.9 Å². The summed E-state index contributed by atoms with van der Waals surface area (Å²) in [5.41, 5.74) is 1.19. The molecule has 0 saturated heterocycles. The molecule has 0 aliphatic carbocycles. The summed E-state index contributed by atoms with van der Waals surface area (Å²) in [5.74, 6) is -0.168. The Balaban J connectivity index is 2.07. The number of rotatable bonds is 4. The summed E-state index contributed by atoms with van der Waals surface area (Å²) in [6.07, 6.45) is -0.187. The first-order valence-electron chi connectivity index (χ1n) is 11.1. The molecule has 0 bridgehead atoms. The van der Waals surface area contributed by atoms with Gasteiger partial charge in [0, 0.05) is 11.1 Å². The zero-order valence-corrected chi connectivity index (χ0v) is 20.8. The van der Waals surface area contributed by atoms with Crippen LogP contribution in [0.1, 0.15) is 41.5 Å². The van der Waals surface area contributed by atoms with Crippen molar-refractivity contribution >= 4 is 40.5 Å². The molecule has 3 aromatic rings. The molecule has 1 heterocycles. The highest BCUT2D eigenvalue weighted by molar-refractivity contribution is 6.02. The Hall–Kier alpha value is -4.14. The molecular formula is C26H30N4O5. The van der Waals surface area contributed by atoms with Crippen molar-refractivity contribution in [1.29, 1.82) is 0 Å². The van der Waals surface area contributed by atoms with E-state index in [-0.39, 0.29) is 11.7 Å². The van der Waals surface area contributed by atoms with Crippen molar-refractivity contribution in [1.82, 2.24) is 9.78 Å². The lowest BCUT2D eigenvalue weighted by Crippen LogP contribution is -2.28. The normalized spacial score (nSPS) is 11.6. The molecule has 9 nitrogen and oxygen atoms in total. The fraction of sp³-hybridized carbons (Fsp3) is 0.308. The summed E-state index contributed by atoms with van der Waals surface area (Å²) in [7, 11) is 0. The van der Waals surface area contributed by atoms with Crippen LogP contribution in [-0.4, -0.2) is 39.1 Å². The molecule has 0 radical (unpaired) electrons. The Labute approximate surface area is 204 Å². The molecule has 0 saturated carbocycles. The Bertz CT molecular complexity index is 1300. The van der Waals surface area contributed by atoms with Gasteiger partial charge in [0.1, 0.15) is 11.2 Å². The maximum atomic E-state index is 12.8. The number of hydrogen-bond donors (Lipinski definition) is 2. The number of hydrogen-bond acceptors (Lipinski definition) is 6. The number of fused-ring (bicyclic) bond motifs is 1. The smallest absolute Gasteiger partial charge is 0.435 e. The van der Waals surface area contributed by atoms with Gasteiger partial charge in [-0.25, -0.2) is 9.59 Å². The first-order chi connectivity index (χ1) is 16.3. The van der Waals surface area contributed by atoms with Crippen LogP contribution in [0.25, 0.3) is 22.0 Å². The average Bonchev–Trinajstić information content (AvgIpc) is 3.09. The SMILES string of the molecule is C=CC(=O)Nc1cccc(-c2ccc3c(c2)c(NC(=O)OC(C)(C)C)nn3C(=O)OC(C)(C)C)c1. The molecule has 0 aliphatic rings. The molecule has 1 aromatic heterocycles. The highest BCUT2D eigenvalue weighted by Crippen LogP contribution is 2.31. The molecule has 2 amide bonds. The second-order valence-corrected chi connectivity index (χ2v) is 9.87. The molecule has 2 aromatic carbocycles. The molecule has 184 valence electrons. The molecule has 9 heteroatoms. The standard InChI is InChI=1S/C26H30N4O5/c1-8-21(31)27-18-11-9-10-16(14-18)17-12-13-20-19(15-17)22(28-23(32)34-25(2,3)4)29-30(20)24(33)35-26(5,6)7/h8-15H,1H2,2-7H3,(H,27,31)(H,28,29,32). The summed E-state index contributed by atoms with van der Waals surface area (Å²) in [6, 6.07) is 12.6. The Morgan fingerprint density at radius 3 is 2.20 bits per heavy atom. The highest BCUT2D eigenvalue weighted by Gasteiger charge is 2.24. The molecule has 2 N–H and O–H groups in total. The lowest BCUT2D eigenvalue weighted by Gasteiger charge is -2.19. The second kappa shape index (κ2) is 9.61. The van der Waals surface area contributed by atoms with Crippen LogP contribution in [0, 0.1) is 0 Å². The van der Waals surface area contributed by atoms with Crippen LogP contribution < -0.4 is 10.6 Å². The van der Waals surface area contributed by atoms with E-state index in [1.165, 1.54) is 6.08 Å². The van der Waals surface area contributed by atoms with E-state index in [2.05, 4.69) is 22.3 Å². The van der Waals surface area contributed by atoms with Gasteiger partial charge in [0.2, 0.25) is 5.91 Å². The summed E-state index contributed by atoms with van der Waals surface area (Å²) in [5, 5.41) is 10.2. The van der Waals surface area contributed by atoms with Gasteiger partial charge >= 0.3 is 12.2 Å². The minimum atomic E-state index is -0.732. The molecule has 0 fully saturated rings. The van der Waals surface area contributed by atoms with E-state index in [9.17, 15) is 14.4 Å². The molecule has 0 unspecified atom stereocenters.